The second kappa shape index (κ2) is 3.45. The molecule has 1 N–H and O–H groups in total. The first-order chi connectivity index (χ1) is 6.36. The van der Waals surface area contributed by atoms with Gasteiger partial charge in [-0.05, 0) is 17.0 Å². The van der Waals surface area contributed by atoms with Gasteiger partial charge in [-0.3, -0.25) is 0 Å². The Bertz CT molecular complexity index is 361. The van der Waals surface area contributed by atoms with Crippen LogP contribution in [0, 0.1) is 5.82 Å². The van der Waals surface area contributed by atoms with E-state index in [9.17, 15) is 9.50 Å². The van der Waals surface area contributed by atoms with E-state index in [1.54, 1.807) is 6.07 Å². The van der Waals surface area contributed by atoms with E-state index < -0.39 is 0 Å². The third kappa shape index (κ3) is 1.95. The highest BCUT2D eigenvalue weighted by atomic mass is 19.1. The molecule has 0 fully saturated rings. The van der Waals surface area contributed by atoms with Crippen molar-refractivity contribution in [2.75, 3.05) is 0 Å². The van der Waals surface area contributed by atoms with Crippen molar-refractivity contribution in [1.82, 2.24) is 0 Å². The Balaban J connectivity index is 3.39. The van der Waals surface area contributed by atoms with E-state index in [1.807, 2.05) is 20.8 Å². The molecule has 0 radical (unpaired) electrons. The van der Waals surface area contributed by atoms with Gasteiger partial charge in [0.05, 0.1) is 0 Å². The highest BCUT2D eigenvalue weighted by Gasteiger charge is 2.19. The number of aromatic hydroxyl groups is 1. The van der Waals surface area contributed by atoms with Gasteiger partial charge in [0.2, 0.25) is 0 Å². The summed E-state index contributed by atoms with van der Waals surface area (Å²) in [5.74, 6) is -0.439. The number of hydrogen-bond acceptors (Lipinski definition) is 1. The van der Waals surface area contributed by atoms with E-state index in [-0.39, 0.29) is 17.0 Å². The highest BCUT2D eigenvalue weighted by Crippen LogP contribution is 2.30. The van der Waals surface area contributed by atoms with Crippen molar-refractivity contribution in [1.29, 1.82) is 0 Å². The summed E-state index contributed by atoms with van der Waals surface area (Å²) in [5.41, 5.74) is 0.886. The van der Waals surface area contributed by atoms with Crippen LogP contribution in [0.4, 0.5) is 4.39 Å². The molecule has 1 aromatic rings. The van der Waals surface area contributed by atoms with Gasteiger partial charge in [0.1, 0.15) is 11.6 Å². The summed E-state index contributed by atoms with van der Waals surface area (Å²) < 4.78 is 13.5. The van der Waals surface area contributed by atoms with E-state index in [4.69, 9.17) is 0 Å². The van der Waals surface area contributed by atoms with Crippen LogP contribution in [0.15, 0.2) is 18.7 Å². The molecule has 0 spiro atoms. The van der Waals surface area contributed by atoms with Crippen LogP contribution in [0.25, 0.3) is 6.08 Å². The average molecular weight is 194 g/mol. The lowest BCUT2D eigenvalue weighted by molar-refractivity contribution is 0.460. The molecule has 76 valence electrons. The first-order valence-corrected chi connectivity index (χ1v) is 4.51. The standard InChI is InChI=1S/C12H15FO/c1-5-8-6-9(12(2,3)4)10(13)7-11(8)14/h5-7,14H,1H2,2-4H3. The quantitative estimate of drug-likeness (QED) is 0.725. The molecule has 1 aromatic carbocycles. The van der Waals surface area contributed by atoms with Crippen LogP contribution < -0.4 is 0 Å². The fourth-order valence-corrected chi connectivity index (χ4v) is 1.32. The summed E-state index contributed by atoms with van der Waals surface area (Å²) in [7, 11) is 0. The van der Waals surface area contributed by atoms with Gasteiger partial charge in [-0.15, -0.1) is 0 Å². The van der Waals surface area contributed by atoms with Gasteiger partial charge in [0, 0.05) is 11.6 Å². The molecule has 0 atom stereocenters. The molecule has 0 bridgehead atoms. The fraction of sp³-hybridized carbons (Fsp3) is 0.333. The van der Waals surface area contributed by atoms with Crippen LogP contribution in [0.1, 0.15) is 31.9 Å². The summed E-state index contributed by atoms with van der Waals surface area (Å²) >= 11 is 0. The molecule has 0 aliphatic carbocycles. The summed E-state index contributed by atoms with van der Waals surface area (Å²) in [4.78, 5) is 0. The Morgan fingerprint density at radius 1 is 1.36 bits per heavy atom. The molecule has 14 heavy (non-hydrogen) atoms. The molecule has 0 aliphatic rings. The molecule has 1 nitrogen and oxygen atoms in total. The Hall–Kier alpha value is -1.31. The minimum absolute atomic E-state index is 0.0644. The molecule has 1 rings (SSSR count). The van der Waals surface area contributed by atoms with E-state index in [0.717, 1.165) is 6.07 Å². The van der Waals surface area contributed by atoms with Crippen LogP contribution >= 0.6 is 0 Å². The smallest absolute Gasteiger partial charge is 0.130 e. The van der Waals surface area contributed by atoms with Crippen molar-refractivity contribution in [2.24, 2.45) is 0 Å². The zero-order valence-corrected chi connectivity index (χ0v) is 8.76. The zero-order chi connectivity index (χ0) is 10.9. The Morgan fingerprint density at radius 3 is 2.36 bits per heavy atom. The molecule has 0 unspecified atom stereocenters. The van der Waals surface area contributed by atoms with Crippen molar-refractivity contribution in [3.63, 3.8) is 0 Å². The van der Waals surface area contributed by atoms with Crippen molar-refractivity contribution in [2.45, 2.75) is 26.2 Å². The number of rotatable bonds is 1. The SMILES string of the molecule is C=Cc1cc(C(C)(C)C)c(F)cc1O. The molecule has 0 saturated carbocycles. The van der Waals surface area contributed by atoms with E-state index in [0.29, 0.717) is 11.1 Å². The predicted octanol–water partition coefficient (Wildman–Crippen LogP) is 3.47. The molecule has 0 heterocycles. The van der Waals surface area contributed by atoms with Crippen molar-refractivity contribution >= 4 is 6.08 Å². The van der Waals surface area contributed by atoms with Crippen LogP contribution in [-0.2, 0) is 5.41 Å². The number of benzene rings is 1. The summed E-state index contributed by atoms with van der Waals surface area (Å²) in [6, 6.07) is 2.77. The molecular formula is C12H15FO. The molecule has 2 heteroatoms. The third-order valence-electron chi connectivity index (χ3n) is 2.14. The highest BCUT2D eigenvalue weighted by molar-refractivity contribution is 5.57. The maximum atomic E-state index is 13.5. The lowest BCUT2D eigenvalue weighted by Gasteiger charge is -2.20. The van der Waals surface area contributed by atoms with E-state index >= 15 is 0 Å². The minimum Gasteiger partial charge on any atom is -0.507 e. The molecule has 0 aliphatic heterocycles. The number of phenols is 1. The van der Waals surface area contributed by atoms with Crippen LogP contribution in [0.2, 0.25) is 0 Å². The largest absolute Gasteiger partial charge is 0.507 e. The van der Waals surface area contributed by atoms with Crippen molar-refractivity contribution in [3.05, 3.63) is 35.7 Å². The summed E-state index contributed by atoms with van der Waals surface area (Å²) in [6.45, 7) is 9.34. The van der Waals surface area contributed by atoms with Gasteiger partial charge in [-0.25, -0.2) is 4.39 Å². The Morgan fingerprint density at radius 2 is 1.93 bits per heavy atom. The average Bonchev–Trinajstić information content (AvgIpc) is 2.02. The van der Waals surface area contributed by atoms with Gasteiger partial charge in [-0.2, -0.15) is 0 Å². The van der Waals surface area contributed by atoms with Gasteiger partial charge in [0.15, 0.2) is 0 Å². The van der Waals surface area contributed by atoms with Gasteiger partial charge < -0.3 is 5.11 Å². The fourth-order valence-electron chi connectivity index (χ4n) is 1.32. The first kappa shape index (κ1) is 10.8. The van der Waals surface area contributed by atoms with Crippen LogP contribution in [0.5, 0.6) is 5.75 Å². The van der Waals surface area contributed by atoms with Gasteiger partial charge in [-0.1, -0.05) is 33.4 Å². The van der Waals surface area contributed by atoms with Gasteiger partial charge >= 0.3 is 0 Å². The molecular weight excluding hydrogens is 179 g/mol. The van der Waals surface area contributed by atoms with Gasteiger partial charge in [0.25, 0.3) is 0 Å². The maximum absolute atomic E-state index is 13.5. The Labute approximate surface area is 83.9 Å². The molecule has 0 saturated heterocycles. The van der Waals surface area contributed by atoms with Crippen molar-refractivity contribution in [3.8, 4) is 5.75 Å². The maximum Gasteiger partial charge on any atom is 0.130 e. The minimum atomic E-state index is -0.374. The molecule has 0 amide bonds. The second-order valence-corrected chi connectivity index (χ2v) is 4.34. The summed E-state index contributed by atoms with van der Waals surface area (Å²) in [5, 5.41) is 9.37. The molecule has 0 aromatic heterocycles. The summed E-state index contributed by atoms with van der Waals surface area (Å²) in [6.07, 6.45) is 1.52. The lowest BCUT2D eigenvalue weighted by atomic mass is 9.85. The number of halogens is 1. The third-order valence-corrected chi connectivity index (χ3v) is 2.14. The van der Waals surface area contributed by atoms with E-state index in [1.165, 1.54) is 6.08 Å². The normalized spacial score (nSPS) is 11.4. The number of phenolic OH excluding ortho intramolecular Hbond substituents is 1. The zero-order valence-electron chi connectivity index (χ0n) is 8.76. The second-order valence-electron chi connectivity index (χ2n) is 4.34. The monoisotopic (exact) mass is 194 g/mol. The topological polar surface area (TPSA) is 20.2 Å². The predicted molar refractivity (Wildman–Crippen MR) is 56.9 cm³/mol. The lowest BCUT2D eigenvalue weighted by Crippen LogP contribution is -2.13. The van der Waals surface area contributed by atoms with E-state index in [2.05, 4.69) is 6.58 Å². The van der Waals surface area contributed by atoms with Crippen LogP contribution in [0.3, 0.4) is 0 Å². The van der Waals surface area contributed by atoms with Crippen LogP contribution in [-0.4, -0.2) is 5.11 Å². The van der Waals surface area contributed by atoms with Crippen molar-refractivity contribution < 1.29 is 9.50 Å². The number of hydrogen-bond donors (Lipinski definition) is 1. The Kier molecular flexibility index (Phi) is 2.65. The first-order valence-electron chi connectivity index (χ1n) is 4.51.